The average molecular weight is 391 g/mol. The summed E-state index contributed by atoms with van der Waals surface area (Å²) in [6.07, 6.45) is 0.232. The Hall–Kier alpha value is -3.31. The van der Waals surface area contributed by atoms with Gasteiger partial charge in [0.25, 0.3) is 0 Å². The van der Waals surface area contributed by atoms with Crippen molar-refractivity contribution < 1.29 is 18.6 Å². The number of nitriles is 1. The van der Waals surface area contributed by atoms with Crippen molar-refractivity contribution >= 4 is 23.1 Å². The molecule has 0 bridgehead atoms. The third-order valence-electron chi connectivity index (χ3n) is 3.66. The van der Waals surface area contributed by atoms with E-state index in [1.807, 2.05) is 0 Å². The van der Waals surface area contributed by atoms with Gasteiger partial charge < -0.3 is 15.2 Å². The maximum atomic E-state index is 12.3. The molecule has 3 N–H and O–H groups in total. The fourth-order valence-electron chi connectivity index (χ4n) is 2.49. The molecule has 0 amide bonds. The molecule has 3 rings (SSSR count). The van der Waals surface area contributed by atoms with Crippen molar-refractivity contribution in [3.05, 3.63) is 64.3 Å². The average Bonchev–Trinajstić information content (AvgIpc) is 2.98. The van der Waals surface area contributed by atoms with E-state index in [-0.39, 0.29) is 12.2 Å². The number of H-pyrrole nitrogens is 1. The first-order valence-corrected chi connectivity index (χ1v) is 8.10. The molecule has 0 saturated heterocycles. The van der Waals surface area contributed by atoms with E-state index in [9.17, 15) is 19.1 Å². The van der Waals surface area contributed by atoms with Crippen LogP contribution in [0.4, 0.5) is 20.3 Å². The molecular weight excluding hydrogens is 378 g/mol. The first kappa shape index (κ1) is 18.5. The number of nitrogens with one attached hydrogen (secondary N) is 2. The van der Waals surface area contributed by atoms with Crippen molar-refractivity contribution in [3.8, 4) is 17.6 Å². The number of anilines is 2. The molecule has 9 heteroatoms. The van der Waals surface area contributed by atoms with Crippen molar-refractivity contribution in [2.45, 2.75) is 13.0 Å². The summed E-state index contributed by atoms with van der Waals surface area (Å²) in [5.74, 6) is -0.401. The summed E-state index contributed by atoms with van der Waals surface area (Å²) in [7, 11) is 0. The van der Waals surface area contributed by atoms with E-state index in [0.29, 0.717) is 33.3 Å². The van der Waals surface area contributed by atoms with Crippen LogP contribution in [0.1, 0.15) is 16.8 Å². The zero-order chi connectivity index (χ0) is 19.4. The van der Waals surface area contributed by atoms with Crippen LogP contribution in [-0.2, 0) is 6.42 Å². The van der Waals surface area contributed by atoms with Crippen molar-refractivity contribution in [2.24, 2.45) is 0 Å². The molecule has 0 spiro atoms. The standard InChI is InChI=1S/C18H13ClF2N4O2/c19-11-2-1-3-12(8-11)23-17-13(9-22)14(24-25-17)6-10-4-5-16(15(26)7-10)27-18(20)21/h1-5,7-8,18,26H,6H2,(H2,23,24,25). The second kappa shape index (κ2) is 7.93. The van der Waals surface area contributed by atoms with Crippen LogP contribution in [0.3, 0.4) is 0 Å². The van der Waals surface area contributed by atoms with Crippen LogP contribution in [0, 0.1) is 11.3 Å². The number of nitrogens with zero attached hydrogens (tertiary/aromatic N) is 2. The Labute approximate surface area is 158 Å². The highest BCUT2D eigenvalue weighted by Gasteiger charge is 2.15. The highest BCUT2D eigenvalue weighted by molar-refractivity contribution is 6.30. The monoisotopic (exact) mass is 390 g/mol. The lowest BCUT2D eigenvalue weighted by atomic mass is 10.1. The van der Waals surface area contributed by atoms with Crippen LogP contribution >= 0.6 is 11.6 Å². The number of ether oxygens (including phenoxy) is 1. The topological polar surface area (TPSA) is 94.0 Å². The van der Waals surface area contributed by atoms with E-state index in [0.717, 1.165) is 0 Å². The Morgan fingerprint density at radius 3 is 2.78 bits per heavy atom. The van der Waals surface area contributed by atoms with Gasteiger partial charge >= 0.3 is 6.61 Å². The third kappa shape index (κ3) is 4.46. The second-order valence-corrected chi connectivity index (χ2v) is 5.97. The summed E-state index contributed by atoms with van der Waals surface area (Å²) in [5, 5.41) is 29.7. The van der Waals surface area contributed by atoms with Gasteiger partial charge in [0.2, 0.25) is 0 Å². The molecule has 0 aliphatic heterocycles. The van der Waals surface area contributed by atoms with Gasteiger partial charge in [-0.15, -0.1) is 0 Å². The molecule has 0 fully saturated rings. The summed E-state index contributed by atoms with van der Waals surface area (Å²) in [4.78, 5) is 0. The Bertz CT molecular complexity index is 1000. The van der Waals surface area contributed by atoms with Gasteiger partial charge in [0.05, 0.1) is 5.69 Å². The number of rotatable bonds is 6. The number of hydrogen-bond donors (Lipinski definition) is 3. The number of aromatic amines is 1. The fourth-order valence-corrected chi connectivity index (χ4v) is 2.68. The largest absolute Gasteiger partial charge is 0.504 e. The zero-order valence-corrected chi connectivity index (χ0v) is 14.5. The lowest BCUT2D eigenvalue weighted by Crippen LogP contribution is -2.02. The highest BCUT2D eigenvalue weighted by atomic mass is 35.5. The van der Waals surface area contributed by atoms with Crippen molar-refractivity contribution in [3.63, 3.8) is 0 Å². The molecular formula is C18H13ClF2N4O2. The first-order chi connectivity index (χ1) is 13.0. The number of hydrogen-bond acceptors (Lipinski definition) is 5. The van der Waals surface area contributed by atoms with Crippen LogP contribution < -0.4 is 10.1 Å². The van der Waals surface area contributed by atoms with Crippen LogP contribution in [0.2, 0.25) is 5.02 Å². The van der Waals surface area contributed by atoms with E-state index in [4.69, 9.17) is 11.6 Å². The maximum absolute atomic E-state index is 12.3. The van der Waals surface area contributed by atoms with Crippen molar-refractivity contribution in [2.75, 3.05) is 5.32 Å². The predicted octanol–water partition coefficient (Wildman–Crippen LogP) is 4.58. The lowest BCUT2D eigenvalue weighted by Gasteiger charge is -2.08. The minimum absolute atomic E-state index is 0.232. The van der Waals surface area contributed by atoms with Gasteiger partial charge in [-0.3, -0.25) is 5.10 Å². The molecule has 0 aliphatic carbocycles. The Morgan fingerprint density at radius 1 is 1.30 bits per heavy atom. The molecule has 1 heterocycles. The maximum Gasteiger partial charge on any atom is 0.387 e. The molecule has 138 valence electrons. The number of aromatic hydroxyl groups is 1. The summed E-state index contributed by atoms with van der Waals surface area (Å²) < 4.78 is 28.7. The van der Waals surface area contributed by atoms with Crippen LogP contribution in [-0.4, -0.2) is 21.9 Å². The van der Waals surface area contributed by atoms with Crippen LogP contribution in [0.25, 0.3) is 0 Å². The fraction of sp³-hybridized carbons (Fsp3) is 0.111. The predicted molar refractivity (Wildman–Crippen MR) is 95.6 cm³/mol. The third-order valence-corrected chi connectivity index (χ3v) is 3.90. The number of benzene rings is 2. The molecule has 0 saturated carbocycles. The SMILES string of the molecule is N#Cc1c(Nc2cccc(Cl)c2)n[nH]c1Cc1ccc(OC(F)F)c(O)c1. The number of phenolic OH excluding ortho intramolecular Hbond substituents is 1. The summed E-state index contributed by atoms with van der Waals surface area (Å²) in [6.45, 7) is -3.03. The van der Waals surface area contributed by atoms with E-state index in [2.05, 4.69) is 26.3 Å². The van der Waals surface area contributed by atoms with E-state index in [1.165, 1.54) is 18.2 Å². The molecule has 0 unspecified atom stereocenters. The smallest absolute Gasteiger partial charge is 0.387 e. The highest BCUT2D eigenvalue weighted by Crippen LogP contribution is 2.30. The number of aromatic nitrogens is 2. The molecule has 3 aromatic rings. The summed E-state index contributed by atoms with van der Waals surface area (Å²) >= 11 is 5.94. The van der Waals surface area contributed by atoms with E-state index < -0.39 is 12.4 Å². The minimum Gasteiger partial charge on any atom is -0.504 e. The van der Waals surface area contributed by atoms with Crippen LogP contribution in [0.5, 0.6) is 11.5 Å². The molecule has 1 aromatic heterocycles. The van der Waals surface area contributed by atoms with Crippen molar-refractivity contribution in [1.82, 2.24) is 10.2 Å². The van der Waals surface area contributed by atoms with E-state index in [1.54, 1.807) is 24.3 Å². The minimum atomic E-state index is -3.03. The summed E-state index contributed by atoms with van der Waals surface area (Å²) in [5.41, 5.74) is 2.05. The van der Waals surface area contributed by atoms with Gasteiger partial charge in [-0.25, -0.2) is 0 Å². The number of phenols is 1. The van der Waals surface area contributed by atoms with Crippen LogP contribution in [0.15, 0.2) is 42.5 Å². The quantitative estimate of drug-likeness (QED) is 0.573. The second-order valence-electron chi connectivity index (χ2n) is 5.53. The van der Waals surface area contributed by atoms with Gasteiger partial charge in [0.15, 0.2) is 17.3 Å². The van der Waals surface area contributed by atoms with Gasteiger partial charge in [-0.2, -0.15) is 19.1 Å². The number of alkyl halides is 2. The Kier molecular flexibility index (Phi) is 5.43. The Morgan fingerprint density at radius 2 is 2.11 bits per heavy atom. The van der Waals surface area contributed by atoms with Gasteiger partial charge in [0, 0.05) is 17.1 Å². The normalized spacial score (nSPS) is 10.6. The van der Waals surface area contributed by atoms with Gasteiger partial charge in [0.1, 0.15) is 11.6 Å². The molecule has 27 heavy (non-hydrogen) atoms. The molecule has 0 atom stereocenters. The lowest BCUT2D eigenvalue weighted by molar-refractivity contribution is -0.0512. The molecule has 0 aliphatic rings. The van der Waals surface area contributed by atoms with E-state index >= 15 is 0 Å². The zero-order valence-electron chi connectivity index (χ0n) is 13.7. The first-order valence-electron chi connectivity index (χ1n) is 7.73. The van der Waals surface area contributed by atoms with Crippen molar-refractivity contribution in [1.29, 1.82) is 5.26 Å². The molecule has 0 radical (unpaired) electrons. The summed E-state index contributed by atoms with van der Waals surface area (Å²) in [6, 6.07) is 13.1. The molecule has 2 aromatic carbocycles. The molecule has 6 nitrogen and oxygen atoms in total. The Balaban J connectivity index is 1.81. The number of halogens is 3. The van der Waals surface area contributed by atoms with Gasteiger partial charge in [-0.05, 0) is 35.9 Å². The van der Waals surface area contributed by atoms with Gasteiger partial charge in [-0.1, -0.05) is 23.7 Å².